The smallest absolute Gasteiger partial charge is 0.0598 e. The summed E-state index contributed by atoms with van der Waals surface area (Å²) in [6.07, 6.45) is 9.05. The van der Waals surface area contributed by atoms with E-state index >= 15 is 0 Å². The van der Waals surface area contributed by atoms with E-state index in [2.05, 4.69) is 36.9 Å². The first-order valence-electron chi connectivity index (χ1n) is 6.40. The van der Waals surface area contributed by atoms with E-state index in [9.17, 15) is 0 Å². The fourth-order valence-corrected chi connectivity index (χ4v) is 2.08. The lowest BCUT2D eigenvalue weighted by molar-refractivity contribution is 0.214. The molecule has 2 nitrogen and oxygen atoms in total. The van der Waals surface area contributed by atoms with Gasteiger partial charge in [0.15, 0.2) is 0 Å². The second-order valence-corrected chi connectivity index (χ2v) is 6.02. The van der Waals surface area contributed by atoms with Crippen molar-refractivity contribution < 1.29 is 0 Å². The monoisotopic (exact) mass is 222 g/mol. The van der Waals surface area contributed by atoms with Gasteiger partial charge in [-0.2, -0.15) is 0 Å². The van der Waals surface area contributed by atoms with Crippen LogP contribution in [0.5, 0.6) is 0 Å². The molecule has 0 atom stereocenters. The molecule has 0 aromatic heterocycles. The molecule has 0 aliphatic carbocycles. The number of terminal acetylenes is 1. The Hall–Kier alpha value is -0.520. The minimum atomic E-state index is 0.442. The van der Waals surface area contributed by atoms with Gasteiger partial charge >= 0.3 is 0 Å². The van der Waals surface area contributed by atoms with E-state index in [4.69, 9.17) is 6.42 Å². The molecule has 0 saturated carbocycles. The first kappa shape index (κ1) is 13.5. The molecule has 1 saturated heterocycles. The molecule has 1 aliphatic heterocycles. The van der Waals surface area contributed by atoms with Crippen LogP contribution in [0, 0.1) is 17.8 Å². The maximum Gasteiger partial charge on any atom is 0.0598 e. The van der Waals surface area contributed by atoms with Crippen molar-refractivity contribution in [2.24, 2.45) is 5.41 Å². The number of nitrogens with one attached hydrogen (secondary N) is 1. The van der Waals surface area contributed by atoms with Gasteiger partial charge in [0.05, 0.1) is 6.54 Å². The fraction of sp³-hybridized carbons (Fsp3) is 0.857. The predicted molar refractivity (Wildman–Crippen MR) is 70.4 cm³/mol. The molecule has 0 aromatic carbocycles. The van der Waals surface area contributed by atoms with Crippen LogP contribution in [0.4, 0.5) is 0 Å². The van der Waals surface area contributed by atoms with Crippen LogP contribution in [0.25, 0.3) is 0 Å². The molecule has 1 aliphatic rings. The zero-order valence-corrected chi connectivity index (χ0v) is 11.1. The highest BCUT2D eigenvalue weighted by Crippen LogP contribution is 2.18. The maximum atomic E-state index is 5.31. The molecule has 1 rings (SSSR count). The third-order valence-corrected chi connectivity index (χ3v) is 3.21. The van der Waals surface area contributed by atoms with Gasteiger partial charge in [0, 0.05) is 19.1 Å². The Kier molecular flexibility index (Phi) is 5.31. The SMILES string of the molecule is C#CCN1CCC(NCCC(C)(C)C)CC1. The zero-order valence-electron chi connectivity index (χ0n) is 11.1. The lowest BCUT2D eigenvalue weighted by Crippen LogP contribution is -2.43. The number of hydrogen-bond donors (Lipinski definition) is 1. The summed E-state index contributed by atoms with van der Waals surface area (Å²) in [5.41, 5.74) is 0.442. The van der Waals surface area contributed by atoms with E-state index in [0.29, 0.717) is 11.5 Å². The number of nitrogens with zero attached hydrogens (tertiary/aromatic N) is 1. The van der Waals surface area contributed by atoms with Crippen LogP contribution in [0.2, 0.25) is 0 Å². The standard InChI is InChI=1S/C14H26N2/c1-5-10-16-11-6-13(7-12-16)15-9-8-14(2,3)4/h1,13,15H,6-12H2,2-4H3. The Morgan fingerprint density at radius 3 is 2.44 bits per heavy atom. The first-order chi connectivity index (χ1) is 7.51. The Morgan fingerprint density at radius 2 is 1.94 bits per heavy atom. The number of rotatable bonds is 4. The van der Waals surface area contributed by atoms with Gasteiger partial charge in [0.25, 0.3) is 0 Å². The molecule has 0 spiro atoms. The molecule has 2 heteroatoms. The highest BCUT2D eigenvalue weighted by atomic mass is 15.1. The summed E-state index contributed by atoms with van der Waals surface area (Å²) in [7, 11) is 0. The molecule has 0 amide bonds. The highest BCUT2D eigenvalue weighted by Gasteiger charge is 2.18. The van der Waals surface area contributed by atoms with Crippen LogP contribution < -0.4 is 5.32 Å². The second-order valence-electron chi connectivity index (χ2n) is 6.02. The van der Waals surface area contributed by atoms with E-state index in [-0.39, 0.29) is 0 Å². The highest BCUT2D eigenvalue weighted by molar-refractivity contribution is 4.90. The quantitative estimate of drug-likeness (QED) is 0.733. The Balaban J connectivity index is 2.11. The van der Waals surface area contributed by atoms with Gasteiger partial charge in [0.2, 0.25) is 0 Å². The molecule has 0 aromatic rings. The lowest BCUT2D eigenvalue weighted by Gasteiger charge is -2.31. The molecule has 0 radical (unpaired) electrons. The molecule has 1 N–H and O–H groups in total. The van der Waals surface area contributed by atoms with Crippen LogP contribution in [0.15, 0.2) is 0 Å². The van der Waals surface area contributed by atoms with Crippen molar-refractivity contribution >= 4 is 0 Å². The van der Waals surface area contributed by atoms with Gasteiger partial charge < -0.3 is 5.32 Å². The summed E-state index contributed by atoms with van der Waals surface area (Å²) in [6, 6.07) is 0.705. The van der Waals surface area contributed by atoms with Crippen molar-refractivity contribution in [3.8, 4) is 12.3 Å². The molecular formula is C14H26N2. The second kappa shape index (κ2) is 6.27. The van der Waals surface area contributed by atoms with Crippen LogP contribution in [0.3, 0.4) is 0 Å². The Labute approximate surface area is 101 Å². The van der Waals surface area contributed by atoms with Crippen molar-refractivity contribution in [1.29, 1.82) is 0 Å². The molecule has 92 valence electrons. The van der Waals surface area contributed by atoms with E-state index < -0.39 is 0 Å². The van der Waals surface area contributed by atoms with E-state index in [1.54, 1.807) is 0 Å². The van der Waals surface area contributed by atoms with Crippen molar-refractivity contribution in [3.05, 3.63) is 0 Å². The average Bonchev–Trinajstić information content (AvgIpc) is 2.19. The third-order valence-electron chi connectivity index (χ3n) is 3.21. The van der Waals surface area contributed by atoms with Gasteiger partial charge in [-0.25, -0.2) is 0 Å². The molecule has 1 fully saturated rings. The lowest BCUT2D eigenvalue weighted by atomic mass is 9.92. The average molecular weight is 222 g/mol. The van der Waals surface area contributed by atoms with Crippen LogP contribution in [-0.2, 0) is 0 Å². The van der Waals surface area contributed by atoms with Gasteiger partial charge in [0.1, 0.15) is 0 Å². The van der Waals surface area contributed by atoms with E-state index in [1.165, 1.54) is 19.3 Å². The van der Waals surface area contributed by atoms with Gasteiger partial charge in [-0.3, -0.25) is 4.90 Å². The Bertz CT molecular complexity index is 226. The van der Waals surface area contributed by atoms with E-state index in [0.717, 1.165) is 26.2 Å². The fourth-order valence-electron chi connectivity index (χ4n) is 2.08. The summed E-state index contributed by atoms with van der Waals surface area (Å²) in [6.45, 7) is 11.1. The van der Waals surface area contributed by atoms with Crippen LogP contribution >= 0.6 is 0 Å². The summed E-state index contributed by atoms with van der Waals surface area (Å²) < 4.78 is 0. The topological polar surface area (TPSA) is 15.3 Å². The number of likely N-dealkylation sites (tertiary alicyclic amines) is 1. The molecule has 0 bridgehead atoms. The summed E-state index contributed by atoms with van der Waals surface area (Å²) in [5.74, 6) is 2.72. The van der Waals surface area contributed by atoms with Crippen molar-refractivity contribution in [2.45, 2.75) is 46.1 Å². The van der Waals surface area contributed by atoms with Gasteiger partial charge in [-0.15, -0.1) is 6.42 Å². The summed E-state index contributed by atoms with van der Waals surface area (Å²) in [4.78, 5) is 2.36. The van der Waals surface area contributed by atoms with Crippen molar-refractivity contribution in [3.63, 3.8) is 0 Å². The number of piperidine rings is 1. The minimum absolute atomic E-state index is 0.442. The largest absolute Gasteiger partial charge is 0.314 e. The third kappa shape index (κ3) is 5.53. The molecule has 16 heavy (non-hydrogen) atoms. The normalized spacial score (nSPS) is 19.6. The summed E-state index contributed by atoms with van der Waals surface area (Å²) >= 11 is 0. The Morgan fingerprint density at radius 1 is 1.31 bits per heavy atom. The molecular weight excluding hydrogens is 196 g/mol. The zero-order chi connectivity index (χ0) is 12.0. The van der Waals surface area contributed by atoms with Gasteiger partial charge in [-0.05, 0) is 31.2 Å². The molecule has 1 heterocycles. The van der Waals surface area contributed by atoms with Gasteiger partial charge in [-0.1, -0.05) is 26.7 Å². The van der Waals surface area contributed by atoms with Crippen LogP contribution in [0.1, 0.15) is 40.0 Å². The predicted octanol–water partition coefficient (Wildman–Crippen LogP) is 2.11. The number of hydrogen-bond acceptors (Lipinski definition) is 2. The van der Waals surface area contributed by atoms with Crippen LogP contribution in [-0.4, -0.2) is 37.1 Å². The molecule has 0 unspecified atom stereocenters. The van der Waals surface area contributed by atoms with Crippen molar-refractivity contribution in [1.82, 2.24) is 10.2 Å². The van der Waals surface area contributed by atoms with E-state index in [1.807, 2.05) is 0 Å². The first-order valence-corrected chi connectivity index (χ1v) is 6.40. The van der Waals surface area contributed by atoms with Crippen molar-refractivity contribution in [2.75, 3.05) is 26.2 Å². The minimum Gasteiger partial charge on any atom is -0.314 e. The maximum absolute atomic E-state index is 5.31. The summed E-state index contributed by atoms with van der Waals surface area (Å²) in [5, 5.41) is 3.66.